The highest BCUT2D eigenvalue weighted by atomic mass is 16.4. The number of nitrogens with two attached hydrogens (primary N) is 2. The predicted molar refractivity (Wildman–Crippen MR) is 169 cm³/mol. The maximum absolute atomic E-state index is 13.6. The zero-order valence-corrected chi connectivity index (χ0v) is 24.8. The lowest BCUT2D eigenvalue weighted by Crippen LogP contribution is -2.58. The van der Waals surface area contributed by atoms with E-state index in [0.717, 1.165) is 16.5 Å². The second-order valence-electron chi connectivity index (χ2n) is 10.9. The smallest absolute Gasteiger partial charge is 0.326 e. The van der Waals surface area contributed by atoms with E-state index in [-0.39, 0.29) is 25.0 Å². The van der Waals surface area contributed by atoms with Crippen LogP contribution in [-0.4, -0.2) is 69.0 Å². The van der Waals surface area contributed by atoms with Gasteiger partial charge in [-0.1, -0.05) is 60.7 Å². The van der Waals surface area contributed by atoms with Crippen molar-refractivity contribution in [3.63, 3.8) is 0 Å². The van der Waals surface area contributed by atoms with Crippen molar-refractivity contribution in [1.82, 2.24) is 20.9 Å². The third-order valence-corrected chi connectivity index (χ3v) is 7.40. The van der Waals surface area contributed by atoms with Crippen molar-refractivity contribution in [3.8, 4) is 5.75 Å². The van der Waals surface area contributed by atoms with Crippen LogP contribution in [0.4, 0.5) is 0 Å². The van der Waals surface area contributed by atoms with Gasteiger partial charge in [-0.3, -0.25) is 19.2 Å². The quantitative estimate of drug-likeness (QED) is 0.0929. The van der Waals surface area contributed by atoms with E-state index in [0.29, 0.717) is 11.1 Å². The Labute approximate surface area is 264 Å². The molecule has 3 aromatic carbocycles. The summed E-state index contributed by atoms with van der Waals surface area (Å²) in [6.07, 6.45) is 1.18. The fraction of sp³-hybridized carbons (Fsp3) is 0.242. The Morgan fingerprint density at radius 1 is 0.696 bits per heavy atom. The first-order chi connectivity index (χ1) is 22.0. The molecule has 46 heavy (non-hydrogen) atoms. The molecule has 0 saturated heterocycles. The Hall–Kier alpha value is -5.69. The van der Waals surface area contributed by atoms with E-state index in [1.54, 1.807) is 48.7 Å². The highest BCUT2D eigenvalue weighted by molar-refractivity contribution is 5.96. The number of phenols is 1. The van der Waals surface area contributed by atoms with Crippen LogP contribution in [0, 0.1) is 0 Å². The summed E-state index contributed by atoms with van der Waals surface area (Å²) in [4.78, 5) is 67.0. The molecule has 10 N–H and O–H groups in total. The average molecular weight is 629 g/mol. The Bertz CT molecular complexity index is 1690. The number of benzene rings is 3. The van der Waals surface area contributed by atoms with E-state index in [1.807, 2.05) is 24.3 Å². The zero-order chi connectivity index (χ0) is 33.2. The summed E-state index contributed by atoms with van der Waals surface area (Å²) in [5.74, 6) is -4.67. The van der Waals surface area contributed by atoms with Gasteiger partial charge >= 0.3 is 5.97 Å². The van der Waals surface area contributed by atoms with Gasteiger partial charge in [-0.2, -0.15) is 0 Å². The molecule has 0 saturated carbocycles. The minimum Gasteiger partial charge on any atom is -0.508 e. The first kappa shape index (κ1) is 33.2. The molecule has 0 aliphatic heterocycles. The molecule has 1 aromatic heterocycles. The van der Waals surface area contributed by atoms with E-state index in [9.17, 15) is 34.2 Å². The van der Waals surface area contributed by atoms with Crippen LogP contribution in [0.25, 0.3) is 10.9 Å². The summed E-state index contributed by atoms with van der Waals surface area (Å²) in [6.45, 7) is 0. The van der Waals surface area contributed by atoms with Crippen molar-refractivity contribution in [2.45, 2.75) is 49.9 Å². The first-order valence-corrected chi connectivity index (χ1v) is 14.5. The number of carbonyl (C=O) groups is 5. The molecular weight excluding hydrogens is 592 g/mol. The summed E-state index contributed by atoms with van der Waals surface area (Å²) in [6, 6.07) is 16.9. The molecule has 0 aliphatic rings. The number of aromatic nitrogens is 1. The minimum atomic E-state index is -1.54. The number of fused-ring (bicyclic) bond motifs is 1. The Kier molecular flexibility index (Phi) is 11.1. The normalized spacial score (nSPS) is 13.6. The first-order valence-electron chi connectivity index (χ1n) is 14.5. The number of carbonyl (C=O) groups excluding carboxylic acids is 4. The van der Waals surface area contributed by atoms with Crippen LogP contribution in [0.5, 0.6) is 5.75 Å². The van der Waals surface area contributed by atoms with Gasteiger partial charge in [0.1, 0.15) is 23.9 Å². The molecule has 13 heteroatoms. The molecule has 0 aliphatic carbocycles. The molecule has 1 heterocycles. The van der Waals surface area contributed by atoms with E-state index in [4.69, 9.17) is 11.5 Å². The maximum Gasteiger partial charge on any atom is 0.326 e. The average Bonchev–Trinajstić information content (AvgIpc) is 3.43. The number of aromatic hydroxyl groups is 1. The van der Waals surface area contributed by atoms with Crippen molar-refractivity contribution in [3.05, 3.63) is 102 Å². The third-order valence-electron chi connectivity index (χ3n) is 7.40. The fourth-order valence-electron chi connectivity index (χ4n) is 4.99. The number of aliphatic carboxylic acids is 1. The number of carboxylic acid groups (broad SMARTS) is 1. The van der Waals surface area contributed by atoms with Crippen LogP contribution < -0.4 is 27.4 Å². The molecule has 0 fully saturated rings. The number of primary amides is 1. The number of para-hydroxylation sites is 1. The number of nitrogens with one attached hydrogen (secondary N) is 4. The summed E-state index contributed by atoms with van der Waals surface area (Å²) >= 11 is 0. The monoisotopic (exact) mass is 628 g/mol. The third kappa shape index (κ3) is 9.16. The molecule has 4 atom stereocenters. The molecule has 4 rings (SSSR count). The number of carboxylic acids is 1. The Morgan fingerprint density at radius 3 is 1.93 bits per heavy atom. The molecule has 4 unspecified atom stereocenters. The van der Waals surface area contributed by atoms with Crippen LogP contribution in [-0.2, 0) is 43.2 Å². The number of hydrogen-bond donors (Lipinski definition) is 8. The topological polar surface area (TPSA) is 230 Å². The number of phenolic OH excluding ortho intramolecular Hbond substituents is 1. The summed E-state index contributed by atoms with van der Waals surface area (Å²) in [7, 11) is 0. The molecule has 4 aromatic rings. The van der Waals surface area contributed by atoms with Crippen molar-refractivity contribution in [2.24, 2.45) is 11.5 Å². The van der Waals surface area contributed by atoms with Gasteiger partial charge in [0.2, 0.25) is 23.6 Å². The van der Waals surface area contributed by atoms with Crippen molar-refractivity contribution < 1.29 is 34.2 Å². The maximum atomic E-state index is 13.6. The molecule has 0 spiro atoms. The van der Waals surface area contributed by atoms with Gasteiger partial charge < -0.3 is 42.6 Å². The van der Waals surface area contributed by atoms with Gasteiger partial charge in [0, 0.05) is 29.9 Å². The van der Waals surface area contributed by atoms with E-state index in [2.05, 4.69) is 20.9 Å². The van der Waals surface area contributed by atoms with Gasteiger partial charge in [0.15, 0.2) is 0 Å². The van der Waals surface area contributed by atoms with E-state index < -0.39 is 60.2 Å². The van der Waals surface area contributed by atoms with Crippen molar-refractivity contribution in [1.29, 1.82) is 0 Å². The van der Waals surface area contributed by atoms with Crippen LogP contribution >= 0.6 is 0 Å². The van der Waals surface area contributed by atoms with Gasteiger partial charge in [-0.05, 0) is 41.3 Å². The molecule has 240 valence electrons. The number of aromatic amines is 1. The van der Waals surface area contributed by atoms with Gasteiger partial charge in [-0.25, -0.2) is 4.79 Å². The highest BCUT2D eigenvalue weighted by Gasteiger charge is 2.31. The molecular formula is C33H36N6O7. The van der Waals surface area contributed by atoms with Crippen molar-refractivity contribution >= 4 is 40.5 Å². The lowest BCUT2D eigenvalue weighted by molar-refractivity contribution is -0.142. The van der Waals surface area contributed by atoms with Gasteiger partial charge in [0.05, 0.1) is 12.5 Å². The fourth-order valence-corrected chi connectivity index (χ4v) is 4.99. The van der Waals surface area contributed by atoms with Crippen molar-refractivity contribution in [2.75, 3.05) is 0 Å². The number of amides is 4. The molecule has 4 amide bonds. The lowest BCUT2D eigenvalue weighted by atomic mass is 10.0. The Morgan fingerprint density at radius 2 is 1.26 bits per heavy atom. The number of H-pyrrole nitrogens is 1. The summed E-state index contributed by atoms with van der Waals surface area (Å²) in [5.41, 5.74) is 14.5. The standard InChI is InChI=1S/C33H36N6O7/c34-24(16-21-18-36-25-9-5-4-8-23(21)25)30(42)37-26(14-20-10-12-22(40)13-11-20)31(43)38-27(17-29(35)41)32(44)39-28(33(45)46)15-19-6-2-1-3-7-19/h1-13,18,24,26-28,36,40H,14-17,34H2,(H2,35,41)(H,37,42)(H,38,43)(H,39,44)(H,45,46). The second kappa shape index (κ2) is 15.3. The van der Waals surface area contributed by atoms with Crippen LogP contribution in [0.1, 0.15) is 23.1 Å². The molecule has 0 radical (unpaired) electrons. The summed E-state index contributed by atoms with van der Waals surface area (Å²) < 4.78 is 0. The molecule has 0 bridgehead atoms. The lowest BCUT2D eigenvalue weighted by Gasteiger charge is -2.25. The summed E-state index contributed by atoms with van der Waals surface area (Å²) in [5, 5.41) is 27.8. The van der Waals surface area contributed by atoms with Crippen LogP contribution in [0.2, 0.25) is 0 Å². The van der Waals surface area contributed by atoms with Crippen LogP contribution in [0.3, 0.4) is 0 Å². The molecule has 13 nitrogen and oxygen atoms in total. The zero-order valence-electron chi connectivity index (χ0n) is 24.8. The van der Waals surface area contributed by atoms with Gasteiger partial charge in [-0.15, -0.1) is 0 Å². The highest BCUT2D eigenvalue weighted by Crippen LogP contribution is 2.19. The predicted octanol–water partition coefficient (Wildman–Crippen LogP) is 0.643. The van der Waals surface area contributed by atoms with E-state index in [1.165, 1.54) is 12.1 Å². The van der Waals surface area contributed by atoms with E-state index >= 15 is 0 Å². The second-order valence-corrected chi connectivity index (χ2v) is 10.9. The van der Waals surface area contributed by atoms with Gasteiger partial charge in [0.25, 0.3) is 0 Å². The van der Waals surface area contributed by atoms with Crippen LogP contribution in [0.15, 0.2) is 85.1 Å². The number of hydrogen-bond acceptors (Lipinski definition) is 7. The SMILES string of the molecule is NC(=O)CC(NC(=O)C(Cc1ccc(O)cc1)NC(=O)C(N)Cc1c[nH]c2ccccc12)C(=O)NC(Cc1ccccc1)C(=O)O. The number of rotatable bonds is 15. The largest absolute Gasteiger partial charge is 0.508 e. The minimum absolute atomic E-state index is 0.00350. The Balaban J connectivity index is 1.50.